The number of nitrogens with two attached hydrogens (primary N) is 1. The normalized spacial score (nSPS) is 10.6. The van der Waals surface area contributed by atoms with Crippen LogP contribution >= 0.6 is 11.6 Å². The summed E-state index contributed by atoms with van der Waals surface area (Å²) in [4.78, 5) is 26.0. The minimum absolute atomic E-state index is 0.0784. The Bertz CT molecular complexity index is 679. The fourth-order valence-corrected chi connectivity index (χ4v) is 1.87. The number of nitrogen functional groups attached to an aromatic ring is 1. The van der Waals surface area contributed by atoms with E-state index < -0.39 is 11.5 Å². The molecule has 0 amide bonds. The van der Waals surface area contributed by atoms with Gasteiger partial charge in [0.05, 0.1) is 17.8 Å². The molecule has 94 valence electrons. The topological polar surface area (TPSA) is 85.2 Å². The first-order valence-electron chi connectivity index (χ1n) is 5.32. The van der Waals surface area contributed by atoms with Crippen LogP contribution in [-0.2, 0) is 4.74 Å². The summed E-state index contributed by atoms with van der Waals surface area (Å²) >= 11 is 5.86. The monoisotopic (exact) mass is 266 g/mol. The number of aromatic nitrogens is 1. The lowest BCUT2D eigenvalue weighted by molar-refractivity contribution is 0.0526. The van der Waals surface area contributed by atoms with E-state index in [-0.39, 0.29) is 17.9 Å². The van der Waals surface area contributed by atoms with Crippen molar-refractivity contribution in [2.45, 2.75) is 6.92 Å². The molecule has 5 nitrogen and oxygen atoms in total. The van der Waals surface area contributed by atoms with Crippen molar-refractivity contribution in [2.75, 3.05) is 12.3 Å². The van der Waals surface area contributed by atoms with Crippen LogP contribution in [0.5, 0.6) is 0 Å². The summed E-state index contributed by atoms with van der Waals surface area (Å²) in [6.45, 7) is 1.82. The molecule has 0 saturated heterocycles. The summed E-state index contributed by atoms with van der Waals surface area (Å²) < 4.78 is 4.80. The number of benzene rings is 1. The van der Waals surface area contributed by atoms with Gasteiger partial charge in [0.15, 0.2) is 0 Å². The quantitative estimate of drug-likeness (QED) is 0.814. The lowest BCUT2D eigenvalue weighted by Crippen LogP contribution is -2.22. The van der Waals surface area contributed by atoms with Gasteiger partial charge in [-0.05, 0) is 25.1 Å². The number of nitrogens with one attached hydrogen (secondary N) is 1. The average Bonchev–Trinajstić information content (AvgIpc) is 2.31. The van der Waals surface area contributed by atoms with Crippen LogP contribution in [-0.4, -0.2) is 17.6 Å². The fraction of sp³-hybridized carbons (Fsp3) is 0.167. The zero-order valence-electron chi connectivity index (χ0n) is 9.62. The van der Waals surface area contributed by atoms with Gasteiger partial charge in [-0.3, -0.25) is 4.79 Å². The maximum atomic E-state index is 11.8. The number of ether oxygens (including phenoxy) is 1. The van der Waals surface area contributed by atoms with Crippen LogP contribution < -0.4 is 11.3 Å². The number of anilines is 1. The van der Waals surface area contributed by atoms with Crippen molar-refractivity contribution < 1.29 is 9.53 Å². The lowest BCUT2D eigenvalue weighted by Gasteiger charge is -2.08. The molecule has 6 heteroatoms. The Morgan fingerprint density at radius 3 is 2.89 bits per heavy atom. The zero-order chi connectivity index (χ0) is 13.3. The molecule has 0 aliphatic heterocycles. The maximum Gasteiger partial charge on any atom is 0.345 e. The molecule has 1 aromatic carbocycles. The molecule has 0 bridgehead atoms. The van der Waals surface area contributed by atoms with Crippen molar-refractivity contribution >= 4 is 34.2 Å². The molecular weight excluding hydrogens is 256 g/mol. The summed E-state index contributed by atoms with van der Waals surface area (Å²) in [6, 6.07) is 4.85. The van der Waals surface area contributed by atoms with Gasteiger partial charge in [0.25, 0.3) is 5.56 Å². The van der Waals surface area contributed by atoms with Crippen LogP contribution in [0.4, 0.5) is 5.69 Å². The van der Waals surface area contributed by atoms with Crippen LogP contribution in [0, 0.1) is 0 Å². The van der Waals surface area contributed by atoms with E-state index in [9.17, 15) is 9.59 Å². The molecule has 0 atom stereocenters. The van der Waals surface area contributed by atoms with Crippen LogP contribution in [0.25, 0.3) is 10.9 Å². The van der Waals surface area contributed by atoms with Gasteiger partial charge in [-0.25, -0.2) is 4.79 Å². The Labute approximate surface area is 108 Å². The summed E-state index contributed by atoms with van der Waals surface area (Å²) in [5.41, 5.74) is 5.68. The maximum absolute atomic E-state index is 11.8. The van der Waals surface area contributed by atoms with Crippen molar-refractivity contribution in [3.63, 3.8) is 0 Å². The van der Waals surface area contributed by atoms with Crippen LogP contribution in [0.1, 0.15) is 17.3 Å². The fourth-order valence-electron chi connectivity index (χ4n) is 1.70. The molecule has 18 heavy (non-hydrogen) atoms. The van der Waals surface area contributed by atoms with Crippen molar-refractivity contribution in [2.24, 2.45) is 0 Å². The number of rotatable bonds is 2. The van der Waals surface area contributed by atoms with E-state index in [1.165, 1.54) is 0 Å². The zero-order valence-corrected chi connectivity index (χ0v) is 10.4. The number of H-pyrrole nitrogens is 1. The van der Waals surface area contributed by atoms with Gasteiger partial charge in [-0.1, -0.05) is 11.6 Å². The molecular formula is C12H11ClN2O3. The van der Waals surface area contributed by atoms with Gasteiger partial charge in [0.2, 0.25) is 0 Å². The molecule has 1 aromatic heterocycles. The van der Waals surface area contributed by atoms with Crippen LogP contribution in [0.15, 0.2) is 23.0 Å². The van der Waals surface area contributed by atoms with Crippen molar-refractivity contribution in [1.82, 2.24) is 4.98 Å². The molecule has 0 unspecified atom stereocenters. The second kappa shape index (κ2) is 4.70. The third kappa shape index (κ3) is 2.04. The first-order valence-corrected chi connectivity index (χ1v) is 5.70. The lowest BCUT2D eigenvalue weighted by atomic mass is 10.1. The summed E-state index contributed by atoms with van der Waals surface area (Å²) in [6.07, 6.45) is 0. The first kappa shape index (κ1) is 12.4. The Kier molecular flexibility index (Phi) is 3.25. The SMILES string of the molecule is CCOC(=O)c1c(N)c2cc(Cl)ccc2[nH]c1=O. The number of esters is 1. The van der Waals surface area contributed by atoms with E-state index in [0.29, 0.717) is 15.9 Å². The van der Waals surface area contributed by atoms with E-state index >= 15 is 0 Å². The standard InChI is InChI=1S/C12H11ClN2O3/c1-2-18-12(17)9-10(14)7-5-6(13)3-4-8(7)15-11(9)16/h3-5H,2H2,1H3,(H3,14,15,16). The molecule has 0 fully saturated rings. The molecule has 1 heterocycles. The molecule has 2 rings (SSSR count). The number of hydrogen-bond acceptors (Lipinski definition) is 4. The highest BCUT2D eigenvalue weighted by molar-refractivity contribution is 6.31. The predicted molar refractivity (Wildman–Crippen MR) is 69.9 cm³/mol. The van der Waals surface area contributed by atoms with Gasteiger partial charge >= 0.3 is 5.97 Å². The van der Waals surface area contributed by atoms with Gasteiger partial charge < -0.3 is 15.5 Å². The highest BCUT2D eigenvalue weighted by Crippen LogP contribution is 2.24. The van der Waals surface area contributed by atoms with Gasteiger partial charge in [-0.2, -0.15) is 0 Å². The minimum Gasteiger partial charge on any atom is -0.462 e. The summed E-state index contributed by atoms with van der Waals surface area (Å²) in [7, 11) is 0. The number of halogens is 1. The van der Waals surface area contributed by atoms with E-state index in [4.69, 9.17) is 22.1 Å². The molecule has 0 aliphatic rings. The highest BCUT2D eigenvalue weighted by atomic mass is 35.5. The number of pyridine rings is 1. The molecule has 0 aliphatic carbocycles. The summed E-state index contributed by atoms with van der Waals surface area (Å²) in [5.74, 6) is -0.738. The van der Waals surface area contributed by atoms with E-state index in [0.717, 1.165) is 0 Å². The molecule has 3 N–H and O–H groups in total. The third-order valence-electron chi connectivity index (χ3n) is 2.50. The van der Waals surface area contributed by atoms with Gasteiger partial charge in [-0.15, -0.1) is 0 Å². The van der Waals surface area contributed by atoms with Crippen molar-refractivity contribution in [3.05, 3.63) is 39.1 Å². The largest absolute Gasteiger partial charge is 0.462 e. The Morgan fingerprint density at radius 2 is 2.22 bits per heavy atom. The van der Waals surface area contributed by atoms with E-state index in [1.54, 1.807) is 25.1 Å². The second-order valence-electron chi connectivity index (χ2n) is 3.65. The van der Waals surface area contributed by atoms with Gasteiger partial charge in [0, 0.05) is 10.4 Å². The average molecular weight is 267 g/mol. The Balaban J connectivity index is 2.75. The smallest absolute Gasteiger partial charge is 0.345 e. The minimum atomic E-state index is -0.738. The van der Waals surface area contributed by atoms with Gasteiger partial charge in [0.1, 0.15) is 5.56 Å². The molecule has 2 aromatic rings. The summed E-state index contributed by atoms with van der Waals surface area (Å²) in [5, 5.41) is 0.987. The van der Waals surface area contributed by atoms with Crippen LogP contribution in [0.3, 0.4) is 0 Å². The molecule has 0 radical (unpaired) electrons. The Morgan fingerprint density at radius 1 is 1.50 bits per heavy atom. The highest BCUT2D eigenvalue weighted by Gasteiger charge is 2.18. The predicted octanol–water partition coefficient (Wildman–Crippen LogP) is 1.94. The molecule has 0 saturated carbocycles. The van der Waals surface area contributed by atoms with E-state index in [2.05, 4.69) is 4.98 Å². The number of hydrogen-bond donors (Lipinski definition) is 2. The molecule has 0 spiro atoms. The Hall–Kier alpha value is -2.01. The number of carbonyl (C=O) groups excluding carboxylic acids is 1. The number of aromatic amines is 1. The first-order chi connectivity index (χ1) is 8.54. The van der Waals surface area contributed by atoms with Crippen molar-refractivity contribution in [3.8, 4) is 0 Å². The number of fused-ring (bicyclic) bond motifs is 1. The number of carbonyl (C=O) groups is 1. The van der Waals surface area contributed by atoms with Crippen LogP contribution in [0.2, 0.25) is 5.02 Å². The second-order valence-corrected chi connectivity index (χ2v) is 4.09. The van der Waals surface area contributed by atoms with E-state index in [1.807, 2.05) is 0 Å². The van der Waals surface area contributed by atoms with Crippen molar-refractivity contribution in [1.29, 1.82) is 0 Å². The third-order valence-corrected chi connectivity index (χ3v) is 2.73.